The van der Waals surface area contributed by atoms with E-state index >= 15 is 0 Å². The van der Waals surface area contributed by atoms with E-state index < -0.39 is 0 Å². The lowest BCUT2D eigenvalue weighted by Crippen LogP contribution is -2.14. The summed E-state index contributed by atoms with van der Waals surface area (Å²) >= 11 is 0. The van der Waals surface area contributed by atoms with Gasteiger partial charge in [0.15, 0.2) is 0 Å². The first-order valence-corrected chi connectivity index (χ1v) is 18.4. The Morgan fingerprint density at radius 3 is 1.68 bits per heavy atom. The summed E-state index contributed by atoms with van der Waals surface area (Å²) < 4.78 is 0. The van der Waals surface area contributed by atoms with Crippen LogP contribution in [-0.2, 0) is 5.41 Å². The minimum Gasteiger partial charge on any atom is -0.310 e. The number of nitrogens with zero attached hydrogens (tertiary/aromatic N) is 2. The average molecular weight is 679 g/mol. The van der Waals surface area contributed by atoms with Crippen LogP contribution in [0.5, 0.6) is 0 Å². The highest BCUT2D eigenvalue weighted by Gasteiger charge is 2.35. The molecule has 1 aliphatic rings. The van der Waals surface area contributed by atoms with Crippen molar-refractivity contribution in [1.29, 1.82) is 0 Å². The molecule has 0 heterocycles. The topological polar surface area (TPSA) is 6.48 Å². The molecular formula is C51H38N2. The quantitative estimate of drug-likeness (QED) is 0.162. The fraction of sp³-hybridized carbons (Fsp3) is 0.0588. The van der Waals surface area contributed by atoms with Crippen molar-refractivity contribution in [3.63, 3.8) is 0 Å². The molecule has 0 atom stereocenters. The van der Waals surface area contributed by atoms with Gasteiger partial charge in [-0.05, 0) is 122 Å². The summed E-state index contributed by atoms with van der Waals surface area (Å²) in [6.07, 6.45) is 0. The molecule has 0 aliphatic heterocycles. The van der Waals surface area contributed by atoms with Crippen molar-refractivity contribution in [3.8, 4) is 11.1 Å². The zero-order valence-corrected chi connectivity index (χ0v) is 29.9. The second-order valence-electron chi connectivity index (χ2n) is 14.6. The van der Waals surface area contributed by atoms with Gasteiger partial charge in [0.2, 0.25) is 0 Å². The summed E-state index contributed by atoms with van der Waals surface area (Å²) in [5.41, 5.74) is 12.1. The minimum absolute atomic E-state index is 0.0498. The molecule has 0 unspecified atom stereocenters. The number of para-hydroxylation sites is 2. The number of hydrogen-bond acceptors (Lipinski definition) is 2. The van der Waals surface area contributed by atoms with Crippen LogP contribution in [0.1, 0.15) is 25.0 Å². The Hall–Kier alpha value is -6.64. The van der Waals surface area contributed by atoms with E-state index in [9.17, 15) is 0 Å². The van der Waals surface area contributed by atoms with Crippen molar-refractivity contribution in [1.82, 2.24) is 0 Å². The van der Waals surface area contributed by atoms with Crippen LogP contribution >= 0.6 is 0 Å². The molecule has 0 aromatic heterocycles. The minimum atomic E-state index is -0.0498. The molecule has 9 aromatic carbocycles. The van der Waals surface area contributed by atoms with Gasteiger partial charge in [0.05, 0.1) is 5.69 Å². The van der Waals surface area contributed by atoms with Gasteiger partial charge in [-0.3, -0.25) is 0 Å². The van der Waals surface area contributed by atoms with Crippen LogP contribution in [0.4, 0.5) is 34.1 Å². The van der Waals surface area contributed by atoms with Gasteiger partial charge in [-0.15, -0.1) is 0 Å². The maximum atomic E-state index is 2.46. The summed E-state index contributed by atoms with van der Waals surface area (Å²) in [5.74, 6) is 0. The van der Waals surface area contributed by atoms with Crippen molar-refractivity contribution in [2.24, 2.45) is 0 Å². The first kappa shape index (κ1) is 31.1. The first-order chi connectivity index (χ1) is 26.0. The van der Waals surface area contributed by atoms with Crippen molar-refractivity contribution in [2.75, 3.05) is 9.80 Å². The monoisotopic (exact) mass is 678 g/mol. The molecule has 9 aromatic rings. The highest BCUT2D eigenvalue weighted by molar-refractivity contribution is 6.11. The van der Waals surface area contributed by atoms with E-state index in [0.717, 1.165) is 34.1 Å². The third kappa shape index (κ3) is 5.10. The highest BCUT2D eigenvalue weighted by atomic mass is 15.2. The zero-order chi connectivity index (χ0) is 35.5. The fourth-order valence-corrected chi connectivity index (χ4v) is 8.59. The molecule has 10 rings (SSSR count). The Kier molecular flexibility index (Phi) is 7.19. The van der Waals surface area contributed by atoms with Gasteiger partial charge in [-0.1, -0.05) is 135 Å². The van der Waals surface area contributed by atoms with Crippen molar-refractivity contribution >= 4 is 66.4 Å². The summed E-state index contributed by atoms with van der Waals surface area (Å²) in [5, 5.41) is 7.49. The third-order valence-electron chi connectivity index (χ3n) is 11.2. The number of benzene rings is 9. The smallest absolute Gasteiger partial charge is 0.0540 e. The number of fused-ring (bicyclic) bond motifs is 7. The normalized spacial score (nSPS) is 12.9. The van der Waals surface area contributed by atoms with E-state index in [1.807, 2.05) is 0 Å². The van der Waals surface area contributed by atoms with Gasteiger partial charge in [0, 0.05) is 39.2 Å². The molecule has 0 bridgehead atoms. The zero-order valence-electron chi connectivity index (χ0n) is 29.9. The van der Waals surface area contributed by atoms with Crippen LogP contribution in [0.15, 0.2) is 194 Å². The maximum absolute atomic E-state index is 2.46. The molecule has 0 radical (unpaired) electrons. The molecule has 0 saturated carbocycles. The molecule has 0 saturated heterocycles. The molecular weight excluding hydrogens is 641 g/mol. The molecule has 252 valence electrons. The molecule has 53 heavy (non-hydrogen) atoms. The van der Waals surface area contributed by atoms with Crippen LogP contribution in [0.2, 0.25) is 0 Å². The molecule has 2 heteroatoms. The van der Waals surface area contributed by atoms with Crippen LogP contribution in [-0.4, -0.2) is 0 Å². The van der Waals surface area contributed by atoms with Crippen LogP contribution < -0.4 is 9.80 Å². The summed E-state index contributed by atoms with van der Waals surface area (Å²) in [7, 11) is 0. The van der Waals surface area contributed by atoms with Crippen LogP contribution in [0.25, 0.3) is 43.4 Å². The van der Waals surface area contributed by atoms with E-state index in [-0.39, 0.29) is 5.41 Å². The first-order valence-electron chi connectivity index (χ1n) is 18.4. The van der Waals surface area contributed by atoms with Crippen LogP contribution in [0.3, 0.4) is 0 Å². The molecule has 0 fully saturated rings. The second kappa shape index (κ2) is 12.3. The van der Waals surface area contributed by atoms with Crippen molar-refractivity contribution < 1.29 is 0 Å². The SMILES string of the molecule is CC1(C)c2ccccc2-c2cc3ccc4cc(N(c5cccc(N(c6ccccc6)c6ccccc6)c5)c5cccc6ccccc56)ccc4c3cc21. The molecule has 1 aliphatic carbocycles. The van der Waals surface area contributed by atoms with E-state index in [1.165, 1.54) is 54.6 Å². The molecule has 0 amide bonds. The number of hydrogen-bond donors (Lipinski definition) is 0. The van der Waals surface area contributed by atoms with Gasteiger partial charge in [0.25, 0.3) is 0 Å². The maximum Gasteiger partial charge on any atom is 0.0540 e. The lowest BCUT2D eigenvalue weighted by atomic mass is 9.81. The molecule has 2 nitrogen and oxygen atoms in total. The average Bonchev–Trinajstić information content (AvgIpc) is 3.43. The Morgan fingerprint density at radius 2 is 0.906 bits per heavy atom. The Labute approximate surface area is 310 Å². The molecule has 0 N–H and O–H groups in total. The highest BCUT2D eigenvalue weighted by Crippen LogP contribution is 2.51. The predicted octanol–water partition coefficient (Wildman–Crippen LogP) is 14.4. The summed E-state index contributed by atoms with van der Waals surface area (Å²) in [6.45, 7) is 4.72. The third-order valence-corrected chi connectivity index (χ3v) is 11.2. The number of rotatable bonds is 6. The van der Waals surface area contributed by atoms with Crippen molar-refractivity contribution in [2.45, 2.75) is 19.3 Å². The van der Waals surface area contributed by atoms with Crippen molar-refractivity contribution in [3.05, 3.63) is 205 Å². The van der Waals surface area contributed by atoms with Gasteiger partial charge >= 0.3 is 0 Å². The Bertz CT molecular complexity index is 2770. The largest absolute Gasteiger partial charge is 0.310 e. The van der Waals surface area contributed by atoms with E-state index in [4.69, 9.17) is 0 Å². The predicted molar refractivity (Wildman–Crippen MR) is 226 cm³/mol. The summed E-state index contributed by atoms with van der Waals surface area (Å²) in [4.78, 5) is 4.75. The van der Waals surface area contributed by atoms with Gasteiger partial charge in [-0.25, -0.2) is 0 Å². The summed E-state index contributed by atoms with van der Waals surface area (Å²) in [6, 6.07) is 70.8. The van der Waals surface area contributed by atoms with E-state index in [1.54, 1.807) is 0 Å². The number of anilines is 6. The Balaban J connectivity index is 1.16. The Morgan fingerprint density at radius 1 is 0.321 bits per heavy atom. The van der Waals surface area contributed by atoms with E-state index in [2.05, 4.69) is 218 Å². The van der Waals surface area contributed by atoms with Gasteiger partial charge in [0.1, 0.15) is 0 Å². The molecule has 0 spiro atoms. The van der Waals surface area contributed by atoms with Crippen LogP contribution in [0, 0.1) is 0 Å². The van der Waals surface area contributed by atoms with E-state index in [0.29, 0.717) is 0 Å². The second-order valence-corrected chi connectivity index (χ2v) is 14.6. The lowest BCUT2D eigenvalue weighted by Gasteiger charge is -2.30. The lowest BCUT2D eigenvalue weighted by molar-refractivity contribution is 0.661. The van der Waals surface area contributed by atoms with Gasteiger partial charge in [-0.2, -0.15) is 0 Å². The standard InChI is InChI=1S/C51H38N2/c1-51(2)48-25-12-11-24-45(48)47-32-37-28-27-36-31-42(29-30-43(36)46(37)34-49(47)51)53(50-26-13-16-35-15-9-10-23-44(35)50)41-22-14-21-40(33-41)52(38-17-5-3-6-18-38)39-19-7-4-8-20-39/h3-34H,1-2H3. The van der Waals surface area contributed by atoms with Gasteiger partial charge < -0.3 is 9.80 Å². The fourth-order valence-electron chi connectivity index (χ4n) is 8.59.